The molecule has 34 heavy (non-hydrogen) atoms. The smallest absolute Gasteiger partial charge is 0.259 e. The second kappa shape index (κ2) is 8.97. The van der Waals surface area contributed by atoms with Crippen LogP contribution >= 0.6 is 0 Å². The van der Waals surface area contributed by atoms with Crippen molar-refractivity contribution in [2.75, 3.05) is 5.32 Å². The third-order valence-corrected chi connectivity index (χ3v) is 5.36. The van der Waals surface area contributed by atoms with Crippen molar-refractivity contribution in [2.24, 2.45) is 0 Å². The Labute approximate surface area is 195 Å². The quantitative estimate of drug-likeness (QED) is 0.424. The molecule has 1 amide bonds. The number of hydrogen-bond donors (Lipinski definition) is 1. The summed E-state index contributed by atoms with van der Waals surface area (Å²) in [7, 11) is 0. The van der Waals surface area contributed by atoms with E-state index in [4.69, 9.17) is 4.74 Å². The number of anilines is 1. The van der Waals surface area contributed by atoms with Gasteiger partial charge in [0.25, 0.3) is 5.91 Å². The Morgan fingerprint density at radius 3 is 2.68 bits per heavy atom. The highest BCUT2D eigenvalue weighted by Gasteiger charge is 2.26. The molecule has 9 nitrogen and oxygen atoms in total. The van der Waals surface area contributed by atoms with Crippen LogP contribution < -0.4 is 10.1 Å². The van der Waals surface area contributed by atoms with Crippen molar-refractivity contribution in [3.05, 3.63) is 72.3 Å². The molecule has 1 aromatic carbocycles. The molecule has 10 heteroatoms. The molecular weight excluding hydrogens is 437 g/mol. The number of aromatic nitrogens is 6. The molecule has 0 saturated heterocycles. The van der Waals surface area contributed by atoms with E-state index in [1.807, 2.05) is 18.4 Å². The second-order valence-electron chi connectivity index (χ2n) is 8.31. The van der Waals surface area contributed by atoms with E-state index in [1.165, 1.54) is 18.2 Å². The molecule has 0 radical (unpaired) electrons. The summed E-state index contributed by atoms with van der Waals surface area (Å²) in [5, 5.41) is 10.7. The number of nitrogens with one attached hydrogen (secondary N) is 1. The molecule has 1 fully saturated rings. The van der Waals surface area contributed by atoms with Crippen molar-refractivity contribution < 1.29 is 13.9 Å². The van der Waals surface area contributed by atoms with Crippen LogP contribution in [0.4, 0.5) is 10.2 Å². The molecule has 0 aliphatic heterocycles. The SMILES string of the molecule is CC(C)n1cnnc1-c1cccc(NC(=O)c2cc(Oc3cnc(C4CC4)nc3)ccc2F)n1. The van der Waals surface area contributed by atoms with Crippen LogP contribution in [0.25, 0.3) is 11.5 Å². The Balaban J connectivity index is 1.33. The summed E-state index contributed by atoms with van der Waals surface area (Å²) < 4.78 is 22.1. The number of halogens is 1. The molecule has 3 heterocycles. The summed E-state index contributed by atoms with van der Waals surface area (Å²) in [6, 6.07) is 9.21. The van der Waals surface area contributed by atoms with Crippen LogP contribution in [0, 0.1) is 5.82 Å². The van der Waals surface area contributed by atoms with Gasteiger partial charge >= 0.3 is 0 Å². The highest BCUT2D eigenvalue weighted by Crippen LogP contribution is 2.38. The Morgan fingerprint density at radius 2 is 1.94 bits per heavy atom. The van der Waals surface area contributed by atoms with Gasteiger partial charge in [-0.2, -0.15) is 0 Å². The standard InChI is InChI=1S/C24H22FN7O2/c1-14(2)32-13-28-31-23(32)20-4-3-5-21(29-20)30-24(33)18-10-16(8-9-19(18)25)34-17-11-26-22(27-12-17)15-6-7-15/h3-5,8-15H,6-7H2,1-2H3,(H,29,30,33). The van der Waals surface area contributed by atoms with Crippen LogP contribution in [0.5, 0.6) is 11.5 Å². The van der Waals surface area contributed by atoms with E-state index < -0.39 is 11.7 Å². The van der Waals surface area contributed by atoms with E-state index in [-0.39, 0.29) is 17.4 Å². The van der Waals surface area contributed by atoms with Crippen LogP contribution in [0.2, 0.25) is 0 Å². The van der Waals surface area contributed by atoms with Crippen molar-refractivity contribution in [2.45, 2.75) is 38.6 Å². The molecule has 1 saturated carbocycles. The molecule has 1 aliphatic rings. The molecule has 0 bridgehead atoms. The number of carbonyl (C=O) groups is 1. The van der Waals surface area contributed by atoms with Crippen molar-refractivity contribution in [1.82, 2.24) is 29.7 Å². The topological polar surface area (TPSA) is 108 Å². The van der Waals surface area contributed by atoms with Gasteiger partial charge in [0.1, 0.15) is 35.2 Å². The number of ether oxygens (including phenoxy) is 1. The van der Waals surface area contributed by atoms with Crippen LogP contribution in [-0.4, -0.2) is 35.6 Å². The van der Waals surface area contributed by atoms with Gasteiger partial charge < -0.3 is 14.6 Å². The average Bonchev–Trinajstić information content (AvgIpc) is 3.56. The van der Waals surface area contributed by atoms with Crippen molar-refractivity contribution >= 4 is 11.7 Å². The zero-order chi connectivity index (χ0) is 23.7. The summed E-state index contributed by atoms with van der Waals surface area (Å²) >= 11 is 0. The first kappa shape index (κ1) is 21.6. The normalized spacial score (nSPS) is 13.2. The number of nitrogens with zero attached hydrogens (tertiary/aromatic N) is 6. The number of hydrogen-bond acceptors (Lipinski definition) is 7. The van der Waals surface area contributed by atoms with Crippen LogP contribution in [0.3, 0.4) is 0 Å². The highest BCUT2D eigenvalue weighted by atomic mass is 19.1. The van der Waals surface area contributed by atoms with Crippen LogP contribution in [-0.2, 0) is 0 Å². The first-order valence-corrected chi connectivity index (χ1v) is 11.0. The fourth-order valence-electron chi connectivity index (χ4n) is 3.43. The lowest BCUT2D eigenvalue weighted by Crippen LogP contribution is -2.15. The molecule has 0 atom stereocenters. The van der Waals surface area contributed by atoms with Gasteiger partial charge in [0, 0.05) is 12.0 Å². The number of rotatable bonds is 7. The molecule has 1 N–H and O–H groups in total. The molecule has 3 aromatic heterocycles. The molecular formula is C24H22FN7O2. The van der Waals surface area contributed by atoms with E-state index >= 15 is 0 Å². The van der Waals surface area contributed by atoms with E-state index in [2.05, 4.69) is 30.5 Å². The van der Waals surface area contributed by atoms with E-state index in [0.29, 0.717) is 28.9 Å². The van der Waals surface area contributed by atoms with E-state index in [9.17, 15) is 9.18 Å². The number of benzene rings is 1. The van der Waals surface area contributed by atoms with Crippen molar-refractivity contribution in [3.8, 4) is 23.0 Å². The van der Waals surface area contributed by atoms with Crippen molar-refractivity contribution in [3.63, 3.8) is 0 Å². The maximum atomic E-state index is 14.5. The third kappa shape index (κ3) is 4.61. The second-order valence-corrected chi connectivity index (χ2v) is 8.31. The average molecular weight is 459 g/mol. The Morgan fingerprint density at radius 1 is 1.15 bits per heavy atom. The summed E-state index contributed by atoms with van der Waals surface area (Å²) in [6.07, 6.45) is 6.99. The van der Waals surface area contributed by atoms with Gasteiger partial charge in [0.05, 0.1) is 18.0 Å². The molecule has 172 valence electrons. The van der Waals surface area contributed by atoms with Gasteiger partial charge in [-0.1, -0.05) is 6.07 Å². The minimum atomic E-state index is -0.680. The Hall–Kier alpha value is -4.21. The first-order chi connectivity index (χ1) is 16.5. The maximum Gasteiger partial charge on any atom is 0.259 e. The summed E-state index contributed by atoms with van der Waals surface area (Å²) in [5.74, 6) is 1.43. The minimum Gasteiger partial charge on any atom is -0.454 e. The van der Waals surface area contributed by atoms with Crippen LogP contribution in [0.15, 0.2) is 55.1 Å². The molecule has 0 spiro atoms. The Bertz CT molecular complexity index is 1330. The maximum absolute atomic E-state index is 14.5. The minimum absolute atomic E-state index is 0.136. The molecule has 4 aromatic rings. The van der Waals surface area contributed by atoms with Crippen LogP contribution in [0.1, 0.15) is 54.8 Å². The number of amides is 1. The first-order valence-electron chi connectivity index (χ1n) is 11.0. The van der Waals surface area contributed by atoms with E-state index in [1.54, 1.807) is 36.9 Å². The molecule has 1 aliphatic carbocycles. The lowest BCUT2D eigenvalue weighted by Gasteiger charge is -2.11. The predicted molar refractivity (Wildman–Crippen MR) is 122 cm³/mol. The fraction of sp³-hybridized carbons (Fsp3) is 0.250. The summed E-state index contributed by atoms with van der Waals surface area (Å²) in [6.45, 7) is 4.01. The number of carbonyl (C=O) groups excluding carboxylic acids is 1. The van der Waals surface area contributed by atoms with Gasteiger partial charge in [-0.05, 0) is 57.0 Å². The zero-order valence-electron chi connectivity index (χ0n) is 18.6. The molecule has 0 unspecified atom stereocenters. The Kier molecular flexibility index (Phi) is 5.70. The number of pyridine rings is 1. The third-order valence-electron chi connectivity index (χ3n) is 5.36. The van der Waals surface area contributed by atoms with Gasteiger partial charge in [0.2, 0.25) is 0 Å². The van der Waals surface area contributed by atoms with Gasteiger partial charge in [-0.15, -0.1) is 10.2 Å². The highest BCUT2D eigenvalue weighted by molar-refractivity contribution is 6.04. The van der Waals surface area contributed by atoms with Crippen molar-refractivity contribution in [1.29, 1.82) is 0 Å². The largest absolute Gasteiger partial charge is 0.454 e. The van der Waals surface area contributed by atoms with Gasteiger partial charge in [-0.25, -0.2) is 19.3 Å². The predicted octanol–water partition coefficient (Wildman–Crippen LogP) is 4.77. The lowest BCUT2D eigenvalue weighted by atomic mass is 10.2. The van der Waals surface area contributed by atoms with E-state index in [0.717, 1.165) is 18.7 Å². The summed E-state index contributed by atoms with van der Waals surface area (Å²) in [5.41, 5.74) is 0.363. The van der Waals surface area contributed by atoms with Gasteiger partial charge in [0.15, 0.2) is 11.6 Å². The molecule has 5 rings (SSSR count). The zero-order valence-corrected chi connectivity index (χ0v) is 18.6. The van der Waals surface area contributed by atoms with Gasteiger partial charge in [-0.3, -0.25) is 4.79 Å². The fourth-order valence-corrected chi connectivity index (χ4v) is 3.43. The monoisotopic (exact) mass is 459 g/mol. The summed E-state index contributed by atoms with van der Waals surface area (Å²) in [4.78, 5) is 25.9. The lowest BCUT2D eigenvalue weighted by molar-refractivity contribution is 0.102.